The molecule has 7 heteroatoms. The van der Waals surface area contributed by atoms with E-state index in [1.807, 2.05) is 0 Å². The smallest absolute Gasteiger partial charge is 0.387 e. The van der Waals surface area contributed by atoms with Crippen molar-refractivity contribution in [3.8, 4) is 11.5 Å². The maximum absolute atomic E-state index is 12.6. The number of hydrogen-bond acceptors (Lipinski definition) is 5. The highest BCUT2D eigenvalue weighted by atomic mass is 19.3. The summed E-state index contributed by atoms with van der Waals surface area (Å²) >= 11 is 0. The summed E-state index contributed by atoms with van der Waals surface area (Å²) in [6.07, 6.45) is 0. The van der Waals surface area contributed by atoms with Gasteiger partial charge in [-0.05, 0) is 6.07 Å². The van der Waals surface area contributed by atoms with Crippen LogP contribution in [0.4, 0.5) is 8.78 Å². The van der Waals surface area contributed by atoms with Gasteiger partial charge in [0.05, 0.1) is 13.7 Å². The Balaban J connectivity index is 2.03. The van der Waals surface area contributed by atoms with E-state index in [0.29, 0.717) is 24.4 Å². The van der Waals surface area contributed by atoms with Crippen molar-refractivity contribution in [2.45, 2.75) is 13.2 Å². The summed E-state index contributed by atoms with van der Waals surface area (Å²) in [5.74, 6) is 0.425. The van der Waals surface area contributed by atoms with Gasteiger partial charge in [0, 0.05) is 44.8 Å². The second-order valence-electron chi connectivity index (χ2n) is 5.17. The minimum Gasteiger partial charge on any atom is -0.493 e. The molecule has 2 rings (SSSR count). The van der Waals surface area contributed by atoms with Gasteiger partial charge in [0.25, 0.3) is 0 Å². The average molecular weight is 316 g/mol. The summed E-state index contributed by atoms with van der Waals surface area (Å²) in [4.78, 5) is 4.36. The van der Waals surface area contributed by atoms with Crippen molar-refractivity contribution in [3.63, 3.8) is 0 Å². The molecule has 1 aliphatic heterocycles. The lowest BCUT2D eigenvalue weighted by atomic mass is 10.1. The maximum Gasteiger partial charge on any atom is 0.387 e. The Morgan fingerprint density at radius 1 is 1.18 bits per heavy atom. The molecule has 1 fully saturated rings. The van der Waals surface area contributed by atoms with Crippen LogP contribution < -0.4 is 9.47 Å². The molecule has 0 spiro atoms. The van der Waals surface area contributed by atoms with Gasteiger partial charge in [0.1, 0.15) is 0 Å². The molecule has 1 aliphatic rings. The molecule has 0 radical (unpaired) electrons. The van der Waals surface area contributed by atoms with Gasteiger partial charge in [-0.25, -0.2) is 0 Å². The van der Waals surface area contributed by atoms with E-state index in [1.54, 1.807) is 18.2 Å². The van der Waals surface area contributed by atoms with Crippen molar-refractivity contribution in [3.05, 3.63) is 23.8 Å². The third-order valence-electron chi connectivity index (χ3n) is 3.76. The number of piperazine rings is 1. The van der Waals surface area contributed by atoms with Gasteiger partial charge < -0.3 is 14.6 Å². The van der Waals surface area contributed by atoms with E-state index in [0.717, 1.165) is 26.2 Å². The highest BCUT2D eigenvalue weighted by Gasteiger charge is 2.20. The van der Waals surface area contributed by atoms with Gasteiger partial charge in [-0.15, -0.1) is 0 Å². The molecular formula is C15H22F2N2O3. The topological polar surface area (TPSA) is 45.2 Å². The van der Waals surface area contributed by atoms with E-state index in [2.05, 4.69) is 14.5 Å². The van der Waals surface area contributed by atoms with Gasteiger partial charge in [-0.3, -0.25) is 9.80 Å². The molecule has 0 aliphatic carbocycles. The molecule has 1 aromatic rings. The largest absolute Gasteiger partial charge is 0.493 e. The number of para-hydroxylation sites is 1. The quantitative estimate of drug-likeness (QED) is 0.824. The van der Waals surface area contributed by atoms with Crippen LogP contribution in [0.2, 0.25) is 0 Å². The summed E-state index contributed by atoms with van der Waals surface area (Å²) in [6.45, 7) is 1.85. The number of aliphatic hydroxyl groups is 1. The Labute approximate surface area is 129 Å². The van der Waals surface area contributed by atoms with Crippen LogP contribution >= 0.6 is 0 Å². The summed E-state index contributed by atoms with van der Waals surface area (Å²) < 4.78 is 35.0. The first-order valence-corrected chi connectivity index (χ1v) is 7.30. The lowest BCUT2D eigenvalue weighted by molar-refractivity contribution is -0.0522. The fourth-order valence-electron chi connectivity index (χ4n) is 2.62. The number of rotatable bonds is 7. The molecule has 1 N–H and O–H groups in total. The first-order chi connectivity index (χ1) is 10.6. The molecule has 0 atom stereocenters. The lowest BCUT2D eigenvalue weighted by Gasteiger charge is -2.34. The van der Waals surface area contributed by atoms with Crippen molar-refractivity contribution in [2.24, 2.45) is 0 Å². The Kier molecular flexibility index (Phi) is 6.35. The number of aliphatic hydroxyl groups excluding tert-OH is 1. The molecule has 0 bridgehead atoms. The first kappa shape index (κ1) is 16.9. The summed E-state index contributed by atoms with van der Waals surface area (Å²) in [7, 11) is 1.44. The molecule has 124 valence electrons. The lowest BCUT2D eigenvalue weighted by Crippen LogP contribution is -2.46. The normalized spacial score (nSPS) is 17.0. The molecule has 0 saturated carbocycles. The van der Waals surface area contributed by atoms with Crippen LogP contribution in [-0.2, 0) is 6.54 Å². The van der Waals surface area contributed by atoms with Crippen LogP contribution in [0.15, 0.2) is 18.2 Å². The number of halogens is 2. The molecule has 0 amide bonds. The number of alkyl halides is 2. The van der Waals surface area contributed by atoms with Crippen molar-refractivity contribution < 1.29 is 23.4 Å². The monoisotopic (exact) mass is 316 g/mol. The van der Waals surface area contributed by atoms with E-state index in [-0.39, 0.29) is 12.4 Å². The third kappa shape index (κ3) is 4.53. The summed E-state index contributed by atoms with van der Waals surface area (Å²) in [6, 6.07) is 5.16. The van der Waals surface area contributed by atoms with Crippen molar-refractivity contribution in [1.82, 2.24) is 9.80 Å². The van der Waals surface area contributed by atoms with Crippen molar-refractivity contribution >= 4 is 0 Å². The van der Waals surface area contributed by atoms with E-state index in [9.17, 15) is 8.78 Å². The SMILES string of the molecule is COc1cccc(CN2CCN(CCO)CC2)c1OC(F)F. The van der Waals surface area contributed by atoms with Crippen molar-refractivity contribution in [1.29, 1.82) is 0 Å². The molecule has 1 saturated heterocycles. The van der Waals surface area contributed by atoms with E-state index < -0.39 is 6.61 Å². The number of nitrogens with zero attached hydrogens (tertiary/aromatic N) is 2. The van der Waals surface area contributed by atoms with Gasteiger partial charge in [0.15, 0.2) is 11.5 Å². The third-order valence-corrected chi connectivity index (χ3v) is 3.76. The van der Waals surface area contributed by atoms with Crippen LogP contribution in [0.1, 0.15) is 5.56 Å². The first-order valence-electron chi connectivity index (χ1n) is 7.30. The van der Waals surface area contributed by atoms with Gasteiger partial charge in [-0.1, -0.05) is 12.1 Å². The molecule has 0 aromatic heterocycles. The Morgan fingerprint density at radius 3 is 2.45 bits per heavy atom. The number of β-amino-alcohol motifs (C(OH)–C–C–N with tert-alkyl or cyclic N) is 1. The molecule has 1 heterocycles. The van der Waals surface area contributed by atoms with Crippen LogP contribution in [0.5, 0.6) is 11.5 Å². The van der Waals surface area contributed by atoms with Crippen LogP contribution in [0.25, 0.3) is 0 Å². The van der Waals surface area contributed by atoms with Crippen LogP contribution in [0, 0.1) is 0 Å². The zero-order valence-electron chi connectivity index (χ0n) is 12.7. The molecule has 22 heavy (non-hydrogen) atoms. The molecule has 1 aromatic carbocycles. The summed E-state index contributed by atoms with van der Waals surface area (Å²) in [5.41, 5.74) is 0.690. The maximum atomic E-state index is 12.6. The zero-order chi connectivity index (χ0) is 15.9. The van der Waals surface area contributed by atoms with E-state index in [4.69, 9.17) is 9.84 Å². The van der Waals surface area contributed by atoms with E-state index >= 15 is 0 Å². The number of methoxy groups -OCH3 is 1. The fraction of sp³-hybridized carbons (Fsp3) is 0.600. The molecule has 5 nitrogen and oxygen atoms in total. The second-order valence-corrected chi connectivity index (χ2v) is 5.17. The van der Waals surface area contributed by atoms with Gasteiger partial charge >= 0.3 is 6.61 Å². The Bertz CT molecular complexity index is 466. The van der Waals surface area contributed by atoms with Crippen LogP contribution in [0.3, 0.4) is 0 Å². The average Bonchev–Trinajstić information content (AvgIpc) is 2.50. The summed E-state index contributed by atoms with van der Waals surface area (Å²) in [5, 5.41) is 8.94. The highest BCUT2D eigenvalue weighted by molar-refractivity contribution is 5.46. The number of benzene rings is 1. The predicted octanol–water partition coefficient (Wildman–Crippen LogP) is 1.41. The minimum atomic E-state index is -2.88. The fourth-order valence-corrected chi connectivity index (χ4v) is 2.62. The van der Waals surface area contributed by atoms with Gasteiger partial charge in [0.2, 0.25) is 0 Å². The second kappa shape index (κ2) is 8.26. The predicted molar refractivity (Wildman–Crippen MR) is 78.4 cm³/mol. The van der Waals surface area contributed by atoms with Gasteiger partial charge in [-0.2, -0.15) is 8.78 Å². The highest BCUT2D eigenvalue weighted by Crippen LogP contribution is 2.33. The number of hydrogen-bond donors (Lipinski definition) is 1. The Hall–Kier alpha value is -1.44. The zero-order valence-corrected chi connectivity index (χ0v) is 12.7. The molecule has 0 unspecified atom stereocenters. The molecular weight excluding hydrogens is 294 g/mol. The minimum absolute atomic E-state index is 0.109. The van der Waals surface area contributed by atoms with E-state index in [1.165, 1.54) is 7.11 Å². The van der Waals surface area contributed by atoms with Crippen molar-refractivity contribution in [2.75, 3.05) is 46.4 Å². The number of ether oxygens (including phenoxy) is 2. The van der Waals surface area contributed by atoms with Crippen LogP contribution in [-0.4, -0.2) is 68.0 Å². The Morgan fingerprint density at radius 2 is 1.86 bits per heavy atom. The standard InChI is InChI=1S/C15H22F2N2O3/c1-21-13-4-2-3-12(14(13)22-15(16)17)11-19-7-5-18(6-8-19)9-10-20/h2-4,15,20H,5-11H2,1H3.